The van der Waals surface area contributed by atoms with Crippen LogP contribution in [0.3, 0.4) is 0 Å². The van der Waals surface area contributed by atoms with Gasteiger partial charge < -0.3 is 25.2 Å². The number of carbonyl (C=O) groups is 2. The van der Waals surface area contributed by atoms with Crippen LogP contribution in [0.5, 0.6) is 11.6 Å². The molecule has 0 aliphatic rings. The monoisotopic (exact) mass is 462 g/mol. The number of nitriles is 1. The number of aliphatic carboxylic acids is 2. The third kappa shape index (κ3) is 5.73. The second-order valence-electron chi connectivity index (χ2n) is 6.39. The van der Waals surface area contributed by atoms with Crippen molar-refractivity contribution in [2.75, 3.05) is 30.6 Å². The van der Waals surface area contributed by atoms with Gasteiger partial charge in [-0.2, -0.15) is 15.2 Å². The second-order valence-corrected chi connectivity index (χ2v) is 7.17. The lowest BCUT2D eigenvalue weighted by Gasteiger charge is -2.18. The molecule has 0 spiro atoms. The number of anilines is 2. The minimum Gasteiger partial charge on any atom is -0.481 e. The summed E-state index contributed by atoms with van der Waals surface area (Å²) in [6, 6.07) is 4.75. The normalized spacial score (nSPS) is 11.2. The number of nitro groups is 1. The predicted octanol–water partition coefficient (Wildman–Crippen LogP) is 2.18. The second kappa shape index (κ2) is 10.3. The van der Waals surface area contributed by atoms with Crippen molar-refractivity contribution in [3.63, 3.8) is 0 Å². The van der Waals surface area contributed by atoms with Gasteiger partial charge in [0, 0.05) is 20.2 Å². The molecule has 3 N–H and O–H groups in total. The molecule has 0 saturated heterocycles. The molecule has 1 unspecified atom stereocenters. The lowest BCUT2D eigenvalue weighted by Crippen LogP contribution is -2.32. The topological polar surface area (TPSA) is 192 Å². The fourth-order valence-corrected chi connectivity index (χ4v) is 2.88. The molecule has 168 valence electrons. The number of benzene rings is 1. The molecule has 0 aliphatic carbocycles. The van der Waals surface area contributed by atoms with Crippen LogP contribution in [0.1, 0.15) is 12.0 Å². The minimum absolute atomic E-state index is 0.00963. The van der Waals surface area contributed by atoms with Crippen LogP contribution in [-0.4, -0.2) is 63.4 Å². The van der Waals surface area contributed by atoms with Gasteiger partial charge in [-0.1, -0.05) is 11.8 Å². The Hall–Kier alpha value is -4.12. The number of carboxylic acids is 2. The largest absolute Gasteiger partial charge is 0.481 e. The van der Waals surface area contributed by atoms with Crippen molar-refractivity contribution in [2.45, 2.75) is 17.6 Å². The molecule has 1 aromatic heterocycles. The standard InChI is InChI=1S/C18H18N6O7S/c1-23(2)11-5-4-9(8-19)6-12(11)31-16-14(24(29)30)15(21-18(22-16)32-3)20-10(17(27)28)7-13(25)26/h4-6,10H,7H2,1-3H3,(H,25,26)(H,27,28)(H,20,21,22). The van der Waals surface area contributed by atoms with E-state index >= 15 is 0 Å². The number of thioether (sulfide) groups is 1. The Morgan fingerprint density at radius 1 is 1.38 bits per heavy atom. The van der Waals surface area contributed by atoms with E-state index in [1.807, 2.05) is 6.07 Å². The summed E-state index contributed by atoms with van der Waals surface area (Å²) in [6.07, 6.45) is 0.735. The van der Waals surface area contributed by atoms with Gasteiger partial charge in [-0.25, -0.2) is 4.79 Å². The van der Waals surface area contributed by atoms with E-state index in [4.69, 9.17) is 9.84 Å². The molecule has 0 fully saturated rings. The van der Waals surface area contributed by atoms with Gasteiger partial charge in [0.1, 0.15) is 6.04 Å². The Bertz CT molecular complexity index is 1100. The third-order valence-electron chi connectivity index (χ3n) is 3.96. The molecule has 0 aliphatic heterocycles. The molecular formula is C18H18N6O7S. The SMILES string of the molecule is CSc1nc(NC(CC(=O)O)C(=O)O)c([N+](=O)[O-])c(Oc2cc(C#N)ccc2N(C)C)n1. The summed E-state index contributed by atoms with van der Waals surface area (Å²) in [5, 5.41) is 41.5. The molecule has 13 nitrogen and oxygen atoms in total. The first kappa shape index (κ1) is 24.2. The number of hydrogen-bond acceptors (Lipinski definition) is 11. The highest BCUT2D eigenvalue weighted by Crippen LogP contribution is 2.39. The zero-order valence-electron chi connectivity index (χ0n) is 17.1. The maximum Gasteiger partial charge on any atom is 0.373 e. The summed E-state index contributed by atoms with van der Waals surface area (Å²) in [5.74, 6) is -3.89. The highest BCUT2D eigenvalue weighted by Gasteiger charge is 2.31. The number of ether oxygens (including phenoxy) is 1. The van der Waals surface area contributed by atoms with Gasteiger partial charge in [0.05, 0.1) is 28.7 Å². The van der Waals surface area contributed by atoms with Crippen molar-refractivity contribution < 1.29 is 29.5 Å². The van der Waals surface area contributed by atoms with Crippen LogP contribution in [0.15, 0.2) is 23.4 Å². The van der Waals surface area contributed by atoms with Gasteiger partial charge in [0.15, 0.2) is 10.9 Å². The number of carboxylic acid groups (broad SMARTS) is 2. The molecule has 2 aromatic rings. The Morgan fingerprint density at radius 2 is 2.06 bits per heavy atom. The van der Waals surface area contributed by atoms with Crippen molar-refractivity contribution in [3.8, 4) is 17.7 Å². The smallest absolute Gasteiger partial charge is 0.373 e. The molecule has 0 saturated carbocycles. The van der Waals surface area contributed by atoms with E-state index in [0.717, 1.165) is 11.8 Å². The van der Waals surface area contributed by atoms with E-state index in [2.05, 4.69) is 15.3 Å². The Kier molecular flexibility index (Phi) is 7.75. The van der Waals surface area contributed by atoms with E-state index in [1.165, 1.54) is 6.07 Å². The van der Waals surface area contributed by atoms with Crippen LogP contribution in [0, 0.1) is 21.4 Å². The van der Waals surface area contributed by atoms with Gasteiger partial charge in [0.25, 0.3) is 0 Å². The van der Waals surface area contributed by atoms with Gasteiger partial charge in [0.2, 0.25) is 5.82 Å². The van der Waals surface area contributed by atoms with Crippen molar-refractivity contribution in [1.82, 2.24) is 9.97 Å². The average Bonchev–Trinajstić information content (AvgIpc) is 2.71. The predicted molar refractivity (Wildman–Crippen MR) is 113 cm³/mol. The lowest BCUT2D eigenvalue weighted by atomic mass is 10.2. The molecule has 1 atom stereocenters. The Labute approximate surface area is 185 Å². The third-order valence-corrected chi connectivity index (χ3v) is 4.51. The maximum absolute atomic E-state index is 11.8. The van der Waals surface area contributed by atoms with Gasteiger partial charge in [-0.15, -0.1) is 0 Å². The summed E-state index contributed by atoms with van der Waals surface area (Å²) < 4.78 is 5.71. The molecule has 0 bridgehead atoms. The van der Waals surface area contributed by atoms with Crippen LogP contribution in [-0.2, 0) is 9.59 Å². The van der Waals surface area contributed by atoms with Crippen LogP contribution < -0.4 is 15.0 Å². The van der Waals surface area contributed by atoms with Crippen LogP contribution in [0.2, 0.25) is 0 Å². The van der Waals surface area contributed by atoms with E-state index < -0.39 is 46.7 Å². The molecule has 0 amide bonds. The zero-order valence-corrected chi connectivity index (χ0v) is 17.9. The number of nitrogens with one attached hydrogen (secondary N) is 1. The average molecular weight is 462 g/mol. The van der Waals surface area contributed by atoms with E-state index in [0.29, 0.717) is 5.69 Å². The lowest BCUT2D eigenvalue weighted by molar-refractivity contribution is -0.385. The summed E-state index contributed by atoms with van der Waals surface area (Å²) in [4.78, 5) is 43.0. The summed E-state index contributed by atoms with van der Waals surface area (Å²) >= 11 is 1.00. The summed E-state index contributed by atoms with van der Waals surface area (Å²) in [5.41, 5.74) is -0.0592. The van der Waals surface area contributed by atoms with Crippen LogP contribution >= 0.6 is 11.8 Å². The Morgan fingerprint density at radius 3 is 2.56 bits per heavy atom. The van der Waals surface area contributed by atoms with Crippen LogP contribution in [0.25, 0.3) is 0 Å². The molecule has 1 heterocycles. The fourth-order valence-electron chi connectivity index (χ4n) is 2.52. The molecule has 14 heteroatoms. The molecule has 32 heavy (non-hydrogen) atoms. The molecule has 0 radical (unpaired) electrons. The number of rotatable bonds is 10. The Balaban J connectivity index is 2.65. The van der Waals surface area contributed by atoms with Gasteiger partial charge >= 0.3 is 23.5 Å². The first-order valence-corrected chi connectivity index (χ1v) is 10.0. The minimum atomic E-state index is -1.69. The fraction of sp³-hybridized carbons (Fsp3) is 0.278. The number of nitrogens with zero attached hydrogens (tertiary/aromatic N) is 5. The van der Waals surface area contributed by atoms with Crippen molar-refractivity contribution >= 4 is 40.9 Å². The first-order valence-electron chi connectivity index (χ1n) is 8.78. The maximum atomic E-state index is 11.8. The van der Waals surface area contributed by atoms with E-state index in [-0.39, 0.29) is 16.5 Å². The first-order chi connectivity index (χ1) is 15.1. The van der Waals surface area contributed by atoms with Crippen molar-refractivity contribution in [3.05, 3.63) is 33.9 Å². The highest BCUT2D eigenvalue weighted by atomic mass is 32.2. The molecular weight excluding hydrogens is 444 g/mol. The van der Waals surface area contributed by atoms with E-state index in [1.54, 1.807) is 37.4 Å². The van der Waals surface area contributed by atoms with Gasteiger partial charge in [-0.3, -0.25) is 14.9 Å². The van der Waals surface area contributed by atoms with Gasteiger partial charge in [-0.05, 0) is 18.4 Å². The molecule has 1 aromatic carbocycles. The zero-order chi connectivity index (χ0) is 24.0. The summed E-state index contributed by atoms with van der Waals surface area (Å²) in [6.45, 7) is 0. The number of hydrogen-bond donors (Lipinski definition) is 3. The van der Waals surface area contributed by atoms with Crippen molar-refractivity contribution in [1.29, 1.82) is 5.26 Å². The van der Waals surface area contributed by atoms with E-state index in [9.17, 15) is 30.1 Å². The number of aromatic nitrogens is 2. The highest BCUT2D eigenvalue weighted by molar-refractivity contribution is 7.98. The quantitative estimate of drug-likeness (QED) is 0.201. The van der Waals surface area contributed by atoms with Crippen LogP contribution in [0.4, 0.5) is 17.2 Å². The summed E-state index contributed by atoms with van der Waals surface area (Å²) in [7, 11) is 3.40. The molecule has 2 rings (SSSR count). The van der Waals surface area contributed by atoms with Crippen molar-refractivity contribution in [2.24, 2.45) is 0 Å².